The number of nitriles is 1. The van der Waals surface area contributed by atoms with Gasteiger partial charge in [-0.3, -0.25) is 4.90 Å². The molecule has 18 heavy (non-hydrogen) atoms. The Balaban J connectivity index is 2.22. The number of hydrogen-bond donors (Lipinski definition) is 0. The van der Waals surface area contributed by atoms with Crippen molar-refractivity contribution in [2.75, 3.05) is 6.54 Å². The first-order valence-electron chi connectivity index (χ1n) is 6.67. The van der Waals surface area contributed by atoms with Crippen molar-refractivity contribution in [3.63, 3.8) is 0 Å². The van der Waals surface area contributed by atoms with E-state index in [2.05, 4.69) is 17.9 Å². The van der Waals surface area contributed by atoms with Crippen LogP contribution < -0.4 is 0 Å². The lowest BCUT2D eigenvalue weighted by molar-refractivity contribution is 0.117. The maximum Gasteiger partial charge on any atom is 0.124 e. The van der Waals surface area contributed by atoms with Crippen molar-refractivity contribution in [1.29, 1.82) is 5.26 Å². The van der Waals surface area contributed by atoms with Crippen LogP contribution >= 0.6 is 11.6 Å². The number of likely N-dealkylation sites (tertiary alicyclic amines) is 1. The molecule has 0 saturated carbocycles. The van der Waals surface area contributed by atoms with Crippen molar-refractivity contribution in [2.24, 2.45) is 0 Å². The molecule has 2 unspecified atom stereocenters. The lowest BCUT2D eigenvalue weighted by atomic mass is 9.95. The summed E-state index contributed by atoms with van der Waals surface area (Å²) in [6.07, 6.45) is 4.81. The van der Waals surface area contributed by atoms with Crippen molar-refractivity contribution in [3.05, 3.63) is 34.9 Å². The predicted octanol–water partition coefficient (Wildman–Crippen LogP) is 4.17. The fraction of sp³-hybridized carbons (Fsp3) is 0.533. The lowest BCUT2D eigenvalue weighted by Crippen LogP contribution is -2.41. The third-order valence-corrected chi connectivity index (χ3v) is 4.04. The van der Waals surface area contributed by atoms with Crippen molar-refractivity contribution >= 4 is 11.6 Å². The molecular formula is C15H19ClN2. The third kappa shape index (κ3) is 2.85. The van der Waals surface area contributed by atoms with Crippen LogP contribution in [0.4, 0.5) is 0 Å². The summed E-state index contributed by atoms with van der Waals surface area (Å²) in [6.45, 7) is 3.23. The van der Waals surface area contributed by atoms with Gasteiger partial charge in [-0.05, 0) is 37.0 Å². The highest BCUT2D eigenvalue weighted by atomic mass is 35.5. The van der Waals surface area contributed by atoms with Crippen LogP contribution in [0.5, 0.6) is 0 Å². The molecule has 1 aromatic rings. The van der Waals surface area contributed by atoms with Gasteiger partial charge in [0.15, 0.2) is 0 Å². The Bertz CT molecular complexity index is 421. The first-order chi connectivity index (χ1) is 8.76. The largest absolute Gasteiger partial charge is 0.281 e. The maximum atomic E-state index is 9.49. The Hall–Kier alpha value is -1.04. The van der Waals surface area contributed by atoms with Gasteiger partial charge < -0.3 is 0 Å². The number of halogens is 1. The van der Waals surface area contributed by atoms with E-state index >= 15 is 0 Å². The first kappa shape index (κ1) is 13.4. The molecule has 0 N–H and O–H groups in total. The van der Waals surface area contributed by atoms with Gasteiger partial charge in [-0.15, -0.1) is 0 Å². The fourth-order valence-electron chi connectivity index (χ4n) is 2.79. The zero-order valence-electron chi connectivity index (χ0n) is 10.8. The van der Waals surface area contributed by atoms with E-state index in [1.807, 2.05) is 24.3 Å². The minimum absolute atomic E-state index is 0.132. The van der Waals surface area contributed by atoms with Gasteiger partial charge in [0.2, 0.25) is 0 Å². The highest BCUT2D eigenvalue weighted by molar-refractivity contribution is 6.30. The average molecular weight is 263 g/mol. The van der Waals surface area contributed by atoms with Gasteiger partial charge in [0.05, 0.1) is 6.07 Å². The summed E-state index contributed by atoms with van der Waals surface area (Å²) in [5.74, 6) is 0. The minimum Gasteiger partial charge on any atom is -0.281 e. The van der Waals surface area contributed by atoms with Crippen LogP contribution in [0.3, 0.4) is 0 Å². The summed E-state index contributed by atoms with van der Waals surface area (Å²) in [5.41, 5.74) is 1.06. The molecule has 0 aromatic heterocycles. The van der Waals surface area contributed by atoms with E-state index in [9.17, 15) is 5.26 Å². The molecule has 0 spiro atoms. The molecule has 1 heterocycles. The van der Waals surface area contributed by atoms with Crippen molar-refractivity contribution in [3.8, 4) is 6.07 Å². The molecule has 1 aliphatic heterocycles. The van der Waals surface area contributed by atoms with Crippen LogP contribution in [0.1, 0.15) is 44.2 Å². The molecule has 0 bridgehead atoms. The van der Waals surface area contributed by atoms with E-state index in [0.717, 1.165) is 23.6 Å². The van der Waals surface area contributed by atoms with Crippen LogP contribution in [0, 0.1) is 11.3 Å². The molecule has 96 valence electrons. The summed E-state index contributed by atoms with van der Waals surface area (Å²) in [7, 11) is 0. The van der Waals surface area contributed by atoms with Gasteiger partial charge in [-0.1, -0.05) is 37.1 Å². The number of rotatable bonds is 3. The van der Waals surface area contributed by atoms with E-state index in [1.54, 1.807) is 0 Å². The number of benzene rings is 1. The quantitative estimate of drug-likeness (QED) is 0.818. The molecular weight excluding hydrogens is 244 g/mol. The van der Waals surface area contributed by atoms with Gasteiger partial charge >= 0.3 is 0 Å². The second kappa shape index (κ2) is 6.22. The second-order valence-electron chi connectivity index (χ2n) is 4.88. The SMILES string of the molecule is CCC1CCCCN1C(C#N)c1ccc(Cl)cc1. The molecule has 1 aromatic carbocycles. The third-order valence-electron chi connectivity index (χ3n) is 3.78. The molecule has 0 aliphatic carbocycles. The number of hydrogen-bond acceptors (Lipinski definition) is 2. The molecule has 2 atom stereocenters. The average Bonchev–Trinajstić information content (AvgIpc) is 2.42. The maximum absolute atomic E-state index is 9.49. The van der Waals surface area contributed by atoms with E-state index in [4.69, 9.17) is 11.6 Å². The van der Waals surface area contributed by atoms with Crippen LogP contribution in [0.25, 0.3) is 0 Å². The molecule has 0 amide bonds. The van der Waals surface area contributed by atoms with Crippen LogP contribution in [-0.4, -0.2) is 17.5 Å². The summed E-state index contributed by atoms with van der Waals surface area (Å²) in [6, 6.07) is 10.5. The van der Waals surface area contributed by atoms with Gasteiger partial charge in [-0.25, -0.2) is 0 Å². The summed E-state index contributed by atoms with van der Waals surface area (Å²) in [5, 5.41) is 10.2. The monoisotopic (exact) mass is 262 g/mol. The van der Waals surface area contributed by atoms with E-state index < -0.39 is 0 Å². The summed E-state index contributed by atoms with van der Waals surface area (Å²) < 4.78 is 0. The van der Waals surface area contributed by atoms with E-state index in [0.29, 0.717) is 6.04 Å². The molecule has 2 nitrogen and oxygen atoms in total. The van der Waals surface area contributed by atoms with Gasteiger partial charge in [-0.2, -0.15) is 5.26 Å². The van der Waals surface area contributed by atoms with Gasteiger partial charge in [0, 0.05) is 17.6 Å². The van der Waals surface area contributed by atoms with Gasteiger partial charge in [0.1, 0.15) is 6.04 Å². The second-order valence-corrected chi connectivity index (χ2v) is 5.32. The van der Waals surface area contributed by atoms with Gasteiger partial charge in [0.25, 0.3) is 0 Å². The number of nitrogens with zero attached hydrogens (tertiary/aromatic N) is 2. The predicted molar refractivity (Wildman–Crippen MR) is 74.4 cm³/mol. The molecule has 1 aliphatic rings. The zero-order chi connectivity index (χ0) is 13.0. The number of piperidine rings is 1. The fourth-order valence-corrected chi connectivity index (χ4v) is 2.91. The zero-order valence-corrected chi connectivity index (χ0v) is 11.5. The molecule has 2 rings (SSSR count). The molecule has 1 fully saturated rings. The van der Waals surface area contributed by atoms with Crippen molar-refractivity contribution in [2.45, 2.75) is 44.7 Å². The molecule has 3 heteroatoms. The van der Waals surface area contributed by atoms with Crippen LogP contribution in [-0.2, 0) is 0 Å². The van der Waals surface area contributed by atoms with Crippen LogP contribution in [0.2, 0.25) is 5.02 Å². The van der Waals surface area contributed by atoms with E-state index in [-0.39, 0.29) is 6.04 Å². The summed E-state index contributed by atoms with van der Waals surface area (Å²) in [4.78, 5) is 2.35. The van der Waals surface area contributed by atoms with E-state index in [1.165, 1.54) is 19.3 Å². The molecule has 0 radical (unpaired) electrons. The summed E-state index contributed by atoms with van der Waals surface area (Å²) >= 11 is 5.90. The first-order valence-corrected chi connectivity index (χ1v) is 7.05. The Morgan fingerprint density at radius 2 is 2.11 bits per heavy atom. The van der Waals surface area contributed by atoms with Crippen molar-refractivity contribution in [1.82, 2.24) is 4.90 Å². The Morgan fingerprint density at radius 1 is 1.39 bits per heavy atom. The standard InChI is InChI=1S/C15H19ClN2/c1-2-14-5-3-4-10-18(14)15(11-17)12-6-8-13(16)9-7-12/h6-9,14-15H,2-5,10H2,1H3. The Morgan fingerprint density at radius 3 is 2.72 bits per heavy atom. The van der Waals surface area contributed by atoms with Crippen LogP contribution in [0.15, 0.2) is 24.3 Å². The highest BCUT2D eigenvalue weighted by Gasteiger charge is 2.28. The Labute approximate surface area is 114 Å². The minimum atomic E-state index is -0.132. The lowest BCUT2D eigenvalue weighted by Gasteiger charge is -2.38. The smallest absolute Gasteiger partial charge is 0.124 e. The Kier molecular flexibility index (Phi) is 4.63. The molecule has 1 saturated heterocycles. The highest BCUT2D eigenvalue weighted by Crippen LogP contribution is 2.30. The topological polar surface area (TPSA) is 27.0 Å². The van der Waals surface area contributed by atoms with Crippen molar-refractivity contribution < 1.29 is 0 Å². The normalized spacial score (nSPS) is 22.4.